The van der Waals surface area contributed by atoms with Gasteiger partial charge in [0.1, 0.15) is 5.75 Å². The molecule has 1 aliphatic rings. The van der Waals surface area contributed by atoms with Gasteiger partial charge in [0, 0.05) is 12.0 Å². The molecule has 74 valence electrons. The van der Waals surface area contributed by atoms with Crippen LogP contribution in [0.5, 0.6) is 5.75 Å². The van der Waals surface area contributed by atoms with Crippen molar-refractivity contribution in [3.8, 4) is 5.75 Å². The molecule has 1 aliphatic heterocycles. The maximum atomic E-state index is 10.6. The van der Waals surface area contributed by atoms with Crippen LogP contribution in [0.25, 0.3) is 0 Å². The summed E-state index contributed by atoms with van der Waals surface area (Å²) in [5.41, 5.74) is 0.652. The Balaban J connectivity index is 2.33. The van der Waals surface area contributed by atoms with E-state index in [-0.39, 0.29) is 5.75 Å². The van der Waals surface area contributed by atoms with Crippen LogP contribution in [-0.4, -0.2) is 11.3 Å². The first-order valence-corrected chi connectivity index (χ1v) is 4.38. The number of cyclic esters (lactones) is 2. The summed E-state index contributed by atoms with van der Waals surface area (Å²) in [5, 5.41) is 9.26. The van der Waals surface area contributed by atoms with Gasteiger partial charge in [-0.1, -0.05) is 19.1 Å². The zero-order chi connectivity index (χ0) is 10.2. The van der Waals surface area contributed by atoms with Gasteiger partial charge in [-0.25, -0.2) is 4.79 Å². The van der Waals surface area contributed by atoms with Gasteiger partial charge in [-0.15, -0.1) is 0 Å². The van der Waals surface area contributed by atoms with Gasteiger partial charge in [0.25, 0.3) is 5.79 Å². The fraction of sp³-hybridized carbons (Fsp3) is 0.300. The van der Waals surface area contributed by atoms with Crippen molar-refractivity contribution >= 4 is 6.16 Å². The largest absolute Gasteiger partial charge is 0.515 e. The minimum Gasteiger partial charge on any atom is -0.508 e. The van der Waals surface area contributed by atoms with E-state index >= 15 is 0 Å². The molecule has 0 atom stereocenters. The Kier molecular flexibility index (Phi) is 1.84. The molecule has 0 aliphatic carbocycles. The summed E-state index contributed by atoms with van der Waals surface area (Å²) < 4.78 is 9.89. The molecule has 1 aromatic rings. The fourth-order valence-corrected chi connectivity index (χ4v) is 1.49. The zero-order valence-electron chi connectivity index (χ0n) is 7.69. The van der Waals surface area contributed by atoms with Crippen molar-refractivity contribution in [1.82, 2.24) is 0 Å². The SMILES string of the molecule is CCC1(c2cccc(O)c2)OC(=O)O1. The van der Waals surface area contributed by atoms with Crippen molar-refractivity contribution in [2.24, 2.45) is 0 Å². The van der Waals surface area contributed by atoms with Gasteiger partial charge in [-0.3, -0.25) is 0 Å². The number of phenols is 1. The normalized spacial score (nSPS) is 17.9. The van der Waals surface area contributed by atoms with Gasteiger partial charge in [-0.05, 0) is 12.1 Å². The highest BCUT2D eigenvalue weighted by Crippen LogP contribution is 2.39. The number of aromatic hydroxyl groups is 1. The first-order chi connectivity index (χ1) is 6.66. The minimum atomic E-state index is -0.990. The molecule has 4 nitrogen and oxygen atoms in total. The van der Waals surface area contributed by atoms with E-state index in [4.69, 9.17) is 9.47 Å². The van der Waals surface area contributed by atoms with E-state index in [2.05, 4.69) is 0 Å². The number of hydrogen-bond donors (Lipinski definition) is 1. The van der Waals surface area contributed by atoms with Crippen LogP contribution in [0.4, 0.5) is 4.79 Å². The molecule has 0 spiro atoms. The van der Waals surface area contributed by atoms with Gasteiger partial charge in [0.15, 0.2) is 0 Å². The fourth-order valence-electron chi connectivity index (χ4n) is 1.49. The van der Waals surface area contributed by atoms with E-state index in [1.165, 1.54) is 6.07 Å². The number of phenolic OH excluding ortho intramolecular Hbond substituents is 1. The molecule has 1 heterocycles. The van der Waals surface area contributed by atoms with Crippen LogP contribution in [0, 0.1) is 0 Å². The average molecular weight is 194 g/mol. The topological polar surface area (TPSA) is 55.8 Å². The second-order valence-corrected chi connectivity index (χ2v) is 3.11. The molecule has 0 bridgehead atoms. The smallest absolute Gasteiger partial charge is 0.508 e. The zero-order valence-corrected chi connectivity index (χ0v) is 7.69. The van der Waals surface area contributed by atoms with E-state index in [0.29, 0.717) is 12.0 Å². The molecule has 0 unspecified atom stereocenters. The first-order valence-electron chi connectivity index (χ1n) is 4.38. The average Bonchev–Trinajstić information content (AvgIpc) is 2.12. The predicted octanol–water partition coefficient (Wildman–Crippen LogP) is 2.12. The van der Waals surface area contributed by atoms with Crippen LogP contribution in [-0.2, 0) is 15.3 Å². The molecule has 14 heavy (non-hydrogen) atoms. The van der Waals surface area contributed by atoms with Gasteiger partial charge < -0.3 is 14.6 Å². The summed E-state index contributed by atoms with van der Waals surface area (Å²) in [5.74, 6) is -0.864. The molecular weight excluding hydrogens is 184 g/mol. The van der Waals surface area contributed by atoms with Crippen LogP contribution in [0.15, 0.2) is 24.3 Å². The van der Waals surface area contributed by atoms with Crippen LogP contribution in [0.3, 0.4) is 0 Å². The number of ether oxygens (including phenoxy) is 2. The maximum absolute atomic E-state index is 10.6. The number of carbonyl (C=O) groups is 1. The van der Waals surface area contributed by atoms with Crippen molar-refractivity contribution in [2.75, 3.05) is 0 Å². The highest BCUT2D eigenvalue weighted by Gasteiger charge is 2.48. The molecule has 0 aromatic heterocycles. The summed E-state index contributed by atoms with van der Waals surface area (Å²) in [7, 11) is 0. The van der Waals surface area contributed by atoms with E-state index in [9.17, 15) is 9.90 Å². The molecule has 1 fully saturated rings. The predicted molar refractivity (Wildman–Crippen MR) is 47.6 cm³/mol. The Morgan fingerprint density at radius 1 is 1.43 bits per heavy atom. The number of hydrogen-bond acceptors (Lipinski definition) is 4. The molecule has 0 saturated carbocycles. The van der Waals surface area contributed by atoms with Crippen LogP contribution >= 0.6 is 0 Å². The molecule has 0 amide bonds. The monoisotopic (exact) mass is 194 g/mol. The van der Waals surface area contributed by atoms with Crippen LogP contribution in [0.2, 0.25) is 0 Å². The van der Waals surface area contributed by atoms with Crippen molar-refractivity contribution in [2.45, 2.75) is 19.1 Å². The lowest BCUT2D eigenvalue weighted by Gasteiger charge is -2.39. The molecule has 4 heteroatoms. The van der Waals surface area contributed by atoms with Crippen LogP contribution in [0.1, 0.15) is 18.9 Å². The quantitative estimate of drug-likeness (QED) is 0.732. The van der Waals surface area contributed by atoms with Crippen LogP contribution < -0.4 is 0 Å². The van der Waals surface area contributed by atoms with Crippen molar-refractivity contribution in [3.05, 3.63) is 29.8 Å². The highest BCUT2D eigenvalue weighted by molar-refractivity contribution is 5.66. The summed E-state index contributed by atoms with van der Waals surface area (Å²) in [6.07, 6.45) is -0.155. The molecule has 1 aromatic carbocycles. The Hall–Kier alpha value is -1.71. The van der Waals surface area contributed by atoms with Crippen molar-refractivity contribution in [1.29, 1.82) is 0 Å². The van der Waals surface area contributed by atoms with E-state index in [1.807, 2.05) is 6.92 Å². The summed E-state index contributed by atoms with van der Waals surface area (Å²) >= 11 is 0. The Bertz CT molecular complexity index is 364. The maximum Gasteiger partial charge on any atom is 0.515 e. The number of benzene rings is 1. The van der Waals surface area contributed by atoms with Gasteiger partial charge >= 0.3 is 6.16 Å². The van der Waals surface area contributed by atoms with Gasteiger partial charge in [0.2, 0.25) is 0 Å². The lowest BCUT2D eigenvalue weighted by atomic mass is 10.0. The van der Waals surface area contributed by atoms with E-state index < -0.39 is 11.9 Å². The lowest BCUT2D eigenvalue weighted by Crippen LogP contribution is -2.46. The molecular formula is C10H10O4. The minimum absolute atomic E-state index is 0.127. The summed E-state index contributed by atoms with van der Waals surface area (Å²) in [6.45, 7) is 1.84. The second-order valence-electron chi connectivity index (χ2n) is 3.11. The van der Waals surface area contributed by atoms with Crippen molar-refractivity contribution < 1.29 is 19.4 Å². The third-order valence-corrected chi connectivity index (χ3v) is 2.25. The summed E-state index contributed by atoms with van der Waals surface area (Å²) in [6, 6.07) is 6.50. The molecule has 2 rings (SSSR count). The Morgan fingerprint density at radius 3 is 2.64 bits per heavy atom. The van der Waals surface area contributed by atoms with E-state index in [0.717, 1.165) is 0 Å². The lowest BCUT2D eigenvalue weighted by molar-refractivity contribution is -0.282. The van der Waals surface area contributed by atoms with E-state index in [1.54, 1.807) is 18.2 Å². The second kappa shape index (κ2) is 2.90. The summed E-state index contributed by atoms with van der Waals surface area (Å²) in [4.78, 5) is 10.6. The van der Waals surface area contributed by atoms with Crippen molar-refractivity contribution in [3.63, 3.8) is 0 Å². The Morgan fingerprint density at radius 2 is 2.14 bits per heavy atom. The molecule has 1 N–H and O–H groups in total. The Labute approximate surface area is 81.1 Å². The number of rotatable bonds is 2. The number of carbonyl (C=O) groups excluding carboxylic acids is 1. The van der Waals surface area contributed by atoms with Gasteiger partial charge in [0.05, 0.1) is 0 Å². The van der Waals surface area contributed by atoms with Gasteiger partial charge in [-0.2, -0.15) is 0 Å². The molecule has 1 saturated heterocycles. The third-order valence-electron chi connectivity index (χ3n) is 2.25. The molecule has 0 radical (unpaired) electrons. The third kappa shape index (κ3) is 1.19. The highest BCUT2D eigenvalue weighted by atomic mass is 16.9. The standard InChI is InChI=1S/C10H10O4/c1-2-10(13-9(12)14-10)7-4-3-5-8(11)6-7/h3-6,11H,2H2,1H3. The first kappa shape index (κ1) is 8.87.